The molecule has 1 fully saturated rings. The van der Waals surface area contributed by atoms with E-state index in [9.17, 15) is 0 Å². The van der Waals surface area contributed by atoms with Gasteiger partial charge in [0.1, 0.15) is 0 Å². The Kier molecular flexibility index (Phi) is 8.46. The largest absolute Gasteiger partial charge is 0.383 e. The van der Waals surface area contributed by atoms with Crippen LogP contribution in [0.5, 0.6) is 0 Å². The molecule has 0 bridgehead atoms. The van der Waals surface area contributed by atoms with Crippen molar-refractivity contribution < 1.29 is 4.74 Å². The van der Waals surface area contributed by atoms with Crippen molar-refractivity contribution in [2.45, 2.75) is 52.0 Å². The van der Waals surface area contributed by atoms with E-state index in [1.165, 1.54) is 32.1 Å². The zero-order valence-electron chi connectivity index (χ0n) is 9.38. The summed E-state index contributed by atoms with van der Waals surface area (Å²) in [5, 5.41) is 0. The maximum absolute atomic E-state index is 5.28. The van der Waals surface area contributed by atoms with Gasteiger partial charge in [-0.25, -0.2) is 0 Å². The minimum Gasteiger partial charge on any atom is -0.383 e. The van der Waals surface area contributed by atoms with E-state index >= 15 is 0 Å². The fourth-order valence-corrected chi connectivity index (χ4v) is 1.57. The molecule has 0 saturated heterocycles. The first kappa shape index (κ1) is 12.9. The molecule has 80 valence electrons. The van der Waals surface area contributed by atoms with Gasteiger partial charge in [0.05, 0.1) is 6.61 Å². The van der Waals surface area contributed by atoms with Crippen LogP contribution in [0.2, 0.25) is 0 Å². The Morgan fingerprint density at radius 3 is 2.00 bits per heavy atom. The molecule has 0 aromatic heterocycles. The van der Waals surface area contributed by atoms with Crippen LogP contribution in [0.25, 0.3) is 0 Å². The summed E-state index contributed by atoms with van der Waals surface area (Å²) in [6.07, 6.45) is 7.44. The first-order valence-corrected chi connectivity index (χ1v) is 5.41. The van der Waals surface area contributed by atoms with Gasteiger partial charge in [0.25, 0.3) is 0 Å². The summed E-state index contributed by atoms with van der Waals surface area (Å²) in [4.78, 5) is 0. The van der Waals surface area contributed by atoms with Gasteiger partial charge < -0.3 is 10.5 Å². The van der Waals surface area contributed by atoms with E-state index in [1.54, 1.807) is 7.11 Å². The van der Waals surface area contributed by atoms with Crippen molar-refractivity contribution in [3.8, 4) is 0 Å². The molecule has 0 radical (unpaired) electrons. The molecule has 1 aliphatic rings. The Bertz CT molecular complexity index is 98.3. The average Bonchev–Trinajstić information content (AvgIpc) is 2.06. The van der Waals surface area contributed by atoms with Gasteiger partial charge in [-0.3, -0.25) is 0 Å². The van der Waals surface area contributed by atoms with Gasteiger partial charge in [-0.15, -0.1) is 0 Å². The summed E-state index contributed by atoms with van der Waals surface area (Å²) < 4.78 is 4.68. The topological polar surface area (TPSA) is 35.2 Å². The van der Waals surface area contributed by atoms with Crippen LogP contribution in [-0.4, -0.2) is 19.8 Å². The zero-order chi connectivity index (χ0) is 10.1. The van der Waals surface area contributed by atoms with Crippen LogP contribution in [0.3, 0.4) is 0 Å². The van der Waals surface area contributed by atoms with Gasteiger partial charge >= 0.3 is 0 Å². The Hall–Kier alpha value is -0.0800. The third-order valence-electron chi connectivity index (χ3n) is 2.32. The standard InChI is InChI=1S/C7H14.C4H11NO/c1-7-5-3-2-4-6-7;1-4(5)3-6-2/h7H,2-6H2,1H3;4H,3,5H2,1-2H3. The summed E-state index contributed by atoms with van der Waals surface area (Å²) in [5.74, 6) is 1.04. The molecule has 1 atom stereocenters. The molecule has 1 rings (SSSR count). The van der Waals surface area contributed by atoms with Crippen LogP contribution in [0.1, 0.15) is 46.0 Å². The highest BCUT2D eigenvalue weighted by atomic mass is 16.5. The van der Waals surface area contributed by atoms with Crippen LogP contribution in [0.15, 0.2) is 0 Å². The van der Waals surface area contributed by atoms with Crippen molar-refractivity contribution in [3.05, 3.63) is 0 Å². The number of ether oxygens (including phenoxy) is 1. The van der Waals surface area contributed by atoms with Gasteiger partial charge in [0.2, 0.25) is 0 Å². The third kappa shape index (κ3) is 9.84. The van der Waals surface area contributed by atoms with E-state index in [0.717, 1.165) is 5.92 Å². The summed E-state index contributed by atoms with van der Waals surface area (Å²) in [7, 11) is 1.64. The van der Waals surface area contributed by atoms with Crippen LogP contribution in [0, 0.1) is 5.92 Å². The molecule has 0 amide bonds. The molecule has 2 heteroatoms. The fraction of sp³-hybridized carbons (Fsp3) is 1.00. The molecule has 0 aromatic carbocycles. The van der Waals surface area contributed by atoms with Crippen molar-refractivity contribution in [2.24, 2.45) is 11.7 Å². The van der Waals surface area contributed by atoms with E-state index in [-0.39, 0.29) is 6.04 Å². The Morgan fingerprint density at radius 1 is 1.31 bits per heavy atom. The molecule has 1 aliphatic carbocycles. The lowest BCUT2D eigenvalue weighted by Gasteiger charge is -2.15. The smallest absolute Gasteiger partial charge is 0.0611 e. The minimum absolute atomic E-state index is 0.176. The quantitative estimate of drug-likeness (QED) is 0.721. The SMILES string of the molecule is CC1CCCCC1.COCC(C)N. The van der Waals surface area contributed by atoms with Gasteiger partial charge in [-0.1, -0.05) is 39.0 Å². The molecule has 0 spiro atoms. The minimum atomic E-state index is 0.176. The molecule has 2 nitrogen and oxygen atoms in total. The van der Waals surface area contributed by atoms with Gasteiger partial charge in [-0.2, -0.15) is 0 Å². The molecular formula is C11H25NO. The molecule has 1 unspecified atom stereocenters. The van der Waals surface area contributed by atoms with E-state index < -0.39 is 0 Å². The number of methoxy groups -OCH3 is 1. The van der Waals surface area contributed by atoms with E-state index in [0.29, 0.717) is 6.61 Å². The second-order valence-corrected chi connectivity index (χ2v) is 4.18. The summed E-state index contributed by atoms with van der Waals surface area (Å²) >= 11 is 0. The van der Waals surface area contributed by atoms with E-state index in [1.807, 2.05) is 6.92 Å². The average molecular weight is 187 g/mol. The lowest BCUT2D eigenvalue weighted by Crippen LogP contribution is -2.20. The molecule has 0 heterocycles. The van der Waals surface area contributed by atoms with Crippen molar-refractivity contribution in [1.29, 1.82) is 0 Å². The first-order chi connectivity index (χ1) is 6.16. The van der Waals surface area contributed by atoms with Crippen molar-refractivity contribution in [3.63, 3.8) is 0 Å². The van der Waals surface area contributed by atoms with Crippen molar-refractivity contribution >= 4 is 0 Å². The highest BCUT2D eigenvalue weighted by molar-refractivity contribution is 4.59. The third-order valence-corrected chi connectivity index (χ3v) is 2.32. The number of hydrogen-bond donors (Lipinski definition) is 1. The van der Waals surface area contributed by atoms with Crippen LogP contribution < -0.4 is 5.73 Å². The maximum Gasteiger partial charge on any atom is 0.0611 e. The first-order valence-electron chi connectivity index (χ1n) is 5.41. The summed E-state index contributed by atoms with van der Waals surface area (Å²) in [6.45, 7) is 4.92. The normalized spacial score (nSPS) is 20.3. The lowest BCUT2D eigenvalue weighted by molar-refractivity contribution is 0.185. The molecule has 0 aliphatic heterocycles. The van der Waals surface area contributed by atoms with Gasteiger partial charge in [0, 0.05) is 13.2 Å². The Balaban J connectivity index is 0.000000226. The van der Waals surface area contributed by atoms with Crippen molar-refractivity contribution in [1.82, 2.24) is 0 Å². The molecule has 1 saturated carbocycles. The molecular weight excluding hydrogens is 162 g/mol. The fourth-order valence-electron chi connectivity index (χ4n) is 1.57. The second-order valence-electron chi connectivity index (χ2n) is 4.18. The van der Waals surface area contributed by atoms with Crippen molar-refractivity contribution in [2.75, 3.05) is 13.7 Å². The Labute approximate surface area is 82.8 Å². The van der Waals surface area contributed by atoms with Crippen LogP contribution in [-0.2, 0) is 4.74 Å². The number of hydrogen-bond acceptors (Lipinski definition) is 2. The molecule has 2 N–H and O–H groups in total. The summed E-state index contributed by atoms with van der Waals surface area (Å²) in [6, 6.07) is 0.176. The summed E-state index contributed by atoms with van der Waals surface area (Å²) in [5.41, 5.74) is 5.28. The van der Waals surface area contributed by atoms with E-state index in [4.69, 9.17) is 5.73 Å². The predicted molar refractivity (Wildman–Crippen MR) is 57.8 cm³/mol. The Morgan fingerprint density at radius 2 is 1.85 bits per heavy atom. The van der Waals surface area contributed by atoms with Gasteiger partial charge in [0.15, 0.2) is 0 Å². The number of rotatable bonds is 2. The number of nitrogens with two attached hydrogens (primary N) is 1. The molecule has 13 heavy (non-hydrogen) atoms. The van der Waals surface area contributed by atoms with Crippen LogP contribution >= 0.6 is 0 Å². The second kappa shape index (κ2) is 8.52. The van der Waals surface area contributed by atoms with E-state index in [2.05, 4.69) is 11.7 Å². The highest BCUT2D eigenvalue weighted by Crippen LogP contribution is 2.21. The van der Waals surface area contributed by atoms with Gasteiger partial charge in [-0.05, 0) is 12.8 Å². The maximum atomic E-state index is 5.28. The monoisotopic (exact) mass is 187 g/mol. The highest BCUT2D eigenvalue weighted by Gasteiger charge is 2.05. The lowest BCUT2D eigenvalue weighted by atomic mass is 9.91. The van der Waals surface area contributed by atoms with Crippen LogP contribution in [0.4, 0.5) is 0 Å². The predicted octanol–water partition coefficient (Wildman–Crippen LogP) is 2.57. The molecule has 0 aromatic rings. The zero-order valence-corrected chi connectivity index (χ0v) is 9.38.